The number of hydrogen-bond acceptors (Lipinski definition) is 17. The van der Waals surface area contributed by atoms with E-state index in [1.807, 2.05) is 0 Å². The molecule has 0 spiro atoms. The standard InChI is InChI=1S/C58H88N14O15S2/c1-28(2)21-40(66-52(81)41(22-29(3)4)69-55(84)46(30(5)6)71-48(77)36(59)26-88)51(80)67-42(23-32-14-16-34(74)17-15-32)53(82)65-39(18-19-45(75)76)50(79)64-38(13-10-20-62-58(60)61)49(78)68-43(24-33-25-63-37-12-9-8-11-35(33)37)54(83)72-47(31(7)73)56(85)70-44(27-89)57(86)87/h8-9,11-12,14-17,25,28-31,36,38-44,46-47,63,73-74,88-89H,10,13,18-24,26-27,59H2,1-7H3,(H,64,79)(H,65,82)(H,66,81)(H,67,80)(H,68,78)(H,69,84)(H,70,85)(H,71,77)(H,72,83)(H,75,76)(H,86,87)(H4,60,61,62)/t31-,36+,38+,39+,40+,41+,42+,43+,44+,46+,47+/m1/s1. The number of hydrogen-bond donors (Lipinski definition) is 19. The number of benzene rings is 2. The number of carboxylic acids is 2. The number of aliphatic carboxylic acids is 2. The molecule has 0 aliphatic heterocycles. The number of rotatable bonds is 38. The van der Waals surface area contributed by atoms with Gasteiger partial charge in [0.1, 0.15) is 60.1 Å². The highest BCUT2D eigenvalue weighted by Crippen LogP contribution is 2.21. The van der Waals surface area contributed by atoms with Gasteiger partial charge in [-0.2, -0.15) is 25.3 Å². The minimum Gasteiger partial charge on any atom is -0.508 e. The lowest BCUT2D eigenvalue weighted by molar-refractivity contribution is -0.142. The number of thiol groups is 2. The third kappa shape index (κ3) is 25.5. The van der Waals surface area contributed by atoms with E-state index < -0.39 is 150 Å². The zero-order chi connectivity index (χ0) is 66.8. The largest absolute Gasteiger partial charge is 0.508 e. The van der Waals surface area contributed by atoms with Crippen LogP contribution < -0.4 is 65.1 Å². The lowest BCUT2D eigenvalue weighted by atomic mass is 9.98. The van der Waals surface area contributed by atoms with Crippen LogP contribution in [0.25, 0.3) is 10.9 Å². The SMILES string of the molecule is CC(C)C[C@H](NC(=O)[C@H](CC(C)C)NC(=O)[C@@H](NC(=O)[C@@H](N)CS)C(C)C)C(=O)N[C@@H](Cc1ccc(O)cc1)C(=O)N[C@@H](CCC(=O)O)C(=O)N[C@@H](CCCN=C(N)N)C(=O)N[C@@H](Cc1c[nH]c2ccccc12)C(=O)N[C@H](C(=O)N[C@@H](CS)C(=O)O)[C@@H](C)O. The van der Waals surface area contributed by atoms with E-state index in [-0.39, 0.29) is 80.1 Å². The normalized spacial score (nSPS) is 15.0. The molecule has 20 N–H and O–H groups in total. The van der Waals surface area contributed by atoms with Crippen LogP contribution in [0, 0.1) is 17.8 Å². The summed E-state index contributed by atoms with van der Waals surface area (Å²) >= 11 is 8.02. The molecule has 0 fully saturated rings. The zero-order valence-corrected chi connectivity index (χ0v) is 52.7. The zero-order valence-electron chi connectivity index (χ0n) is 50.9. The number of aliphatic hydroxyl groups is 1. The second-order valence-electron chi connectivity index (χ2n) is 22.8. The highest BCUT2D eigenvalue weighted by Gasteiger charge is 2.37. The van der Waals surface area contributed by atoms with E-state index in [1.165, 1.54) is 24.3 Å². The molecule has 89 heavy (non-hydrogen) atoms. The molecule has 0 aliphatic rings. The molecular formula is C58H88N14O15S2. The number of para-hydroxylation sites is 1. The van der Waals surface area contributed by atoms with Gasteiger partial charge in [0.25, 0.3) is 0 Å². The summed E-state index contributed by atoms with van der Waals surface area (Å²) in [5.74, 6) is -12.8. The maximum atomic E-state index is 14.7. The number of phenols is 1. The van der Waals surface area contributed by atoms with Crippen molar-refractivity contribution in [3.63, 3.8) is 0 Å². The van der Waals surface area contributed by atoms with Gasteiger partial charge in [0.05, 0.1) is 12.1 Å². The van der Waals surface area contributed by atoms with Crippen molar-refractivity contribution < 1.29 is 73.2 Å². The number of guanidine groups is 1. The average molecular weight is 1290 g/mol. The van der Waals surface area contributed by atoms with Crippen molar-refractivity contribution >= 4 is 107 Å². The Labute approximate surface area is 527 Å². The molecule has 3 aromatic rings. The molecule has 9 amide bonds. The Balaban J connectivity index is 2.07. The molecule has 11 atom stereocenters. The summed E-state index contributed by atoms with van der Waals surface area (Å²) in [5.41, 5.74) is 18.5. The first-order valence-electron chi connectivity index (χ1n) is 29.1. The molecule has 3 rings (SSSR count). The van der Waals surface area contributed by atoms with E-state index in [4.69, 9.17) is 17.2 Å². The maximum absolute atomic E-state index is 14.7. The number of H-pyrrole nitrogens is 1. The van der Waals surface area contributed by atoms with Crippen molar-refractivity contribution in [3.8, 4) is 5.75 Å². The van der Waals surface area contributed by atoms with Crippen molar-refractivity contribution in [1.82, 2.24) is 52.8 Å². The first-order chi connectivity index (χ1) is 41.8. The number of aromatic amines is 1. The van der Waals surface area contributed by atoms with Crippen molar-refractivity contribution in [2.24, 2.45) is 39.9 Å². The van der Waals surface area contributed by atoms with E-state index >= 15 is 0 Å². The smallest absolute Gasteiger partial charge is 0.327 e. The number of fused-ring (bicyclic) bond motifs is 1. The number of phenolic OH excluding ortho intramolecular Hbond substituents is 1. The molecule has 0 radical (unpaired) electrons. The number of nitrogens with two attached hydrogens (primary N) is 3. The predicted molar refractivity (Wildman–Crippen MR) is 337 cm³/mol. The van der Waals surface area contributed by atoms with Gasteiger partial charge >= 0.3 is 11.9 Å². The monoisotopic (exact) mass is 1280 g/mol. The molecule has 0 saturated carbocycles. The number of aromatic hydroxyl groups is 1. The molecule has 0 unspecified atom stereocenters. The van der Waals surface area contributed by atoms with Crippen molar-refractivity contribution in [2.75, 3.05) is 18.1 Å². The molecule has 0 bridgehead atoms. The molecule has 31 heteroatoms. The maximum Gasteiger partial charge on any atom is 0.327 e. The van der Waals surface area contributed by atoms with Crippen LogP contribution in [-0.2, 0) is 65.6 Å². The lowest BCUT2D eigenvalue weighted by Crippen LogP contribution is -2.62. The summed E-state index contributed by atoms with van der Waals surface area (Å²) in [7, 11) is 0. The van der Waals surface area contributed by atoms with Gasteiger partial charge in [0, 0.05) is 54.4 Å². The number of aromatic nitrogens is 1. The molecule has 0 aliphatic carbocycles. The van der Waals surface area contributed by atoms with Crippen molar-refractivity contribution in [2.45, 2.75) is 166 Å². The van der Waals surface area contributed by atoms with E-state index in [9.17, 15) is 73.2 Å². The minimum atomic E-state index is -1.77. The van der Waals surface area contributed by atoms with Crippen LogP contribution in [0.5, 0.6) is 5.75 Å². The number of amides is 9. The summed E-state index contributed by atoms with van der Waals surface area (Å²) in [5, 5.41) is 63.8. The molecule has 1 heterocycles. The minimum absolute atomic E-state index is 0.000429. The van der Waals surface area contributed by atoms with Crippen LogP contribution in [0.3, 0.4) is 0 Å². The molecule has 0 saturated heterocycles. The van der Waals surface area contributed by atoms with Crippen LogP contribution in [0.1, 0.15) is 98.1 Å². The summed E-state index contributed by atoms with van der Waals surface area (Å²) in [6.45, 7) is 11.6. The Bertz CT molecular complexity index is 2940. The van der Waals surface area contributed by atoms with Crippen LogP contribution in [0.4, 0.5) is 0 Å². The molecular weight excluding hydrogens is 1200 g/mol. The topological polar surface area (TPSA) is 483 Å². The van der Waals surface area contributed by atoms with E-state index in [1.54, 1.807) is 72.0 Å². The molecule has 1 aromatic heterocycles. The third-order valence-electron chi connectivity index (χ3n) is 13.9. The highest BCUT2D eigenvalue weighted by atomic mass is 32.1. The third-order valence-corrected chi connectivity index (χ3v) is 14.7. The number of nitrogens with one attached hydrogen (secondary N) is 10. The fourth-order valence-electron chi connectivity index (χ4n) is 9.13. The van der Waals surface area contributed by atoms with Gasteiger partial charge in [-0.05, 0) is 86.1 Å². The second kappa shape index (κ2) is 37.0. The summed E-state index contributed by atoms with van der Waals surface area (Å²) in [4.78, 5) is 158. The van der Waals surface area contributed by atoms with Gasteiger partial charge < -0.3 is 90.5 Å². The van der Waals surface area contributed by atoms with E-state index in [0.717, 1.165) is 6.92 Å². The van der Waals surface area contributed by atoms with Gasteiger partial charge in [-0.25, -0.2) is 4.79 Å². The number of carboxylic acid groups (broad SMARTS) is 2. The van der Waals surface area contributed by atoms with Gasteiger partial charge in [-0.1, -0.05) is 71.9 Å². The van der Waals surface area contributed by atoms with Crippen molar-refractivity contribution in [3.05, 3.63) is 65.9 Å². The number of nitrogens with zero attached hydrogens (tertiary/aromatic N) is 1. The number of aliphatic imine (C=N–C) groups is 1. The summed E-state index contributed by atoms with van der Waals surface area (Å²) in [6.07, 6.45) is -2.07. The molecule has 29 nitrogen and oxygen atoms in total. The Hall–Kier alpha value is -8.16. The van der Waals surface area contributed by atoms with Gasteiger partial charge in [0.15, 0.2) is 5.96 Å². The quantitative estimate of drug-likeness (QED) is 0.0132. The van der Waals surface area contributed by atoms with Crippen molar-refractivity contribution in [1.29, 1.82) is 0 Å². The van der Waals surface area contributed by atoms with Crippen LogP contribution in [-0.4, -0.2) is 181 Å². The van der Waals surface area contributed by atoms with Gasteiger partial charge in [-0.3, -0.25) is 52.9 Å². The lowest BCUT2D eigenvalue weighted by Gasteiger charge is -2.29. The van der Waals surface area contributed by atoms with Gasteiger partial charge in [-0.15, -0.1) is 0 Å². The van der Waals surface area contributed by atoms with E-state index in [2.05, 4.69) is 83.1 Å². The average Bonchev–Trinajstić information content (AvgIpc) is 3.79. The van der Waals surface area contributed by atoms with Crippen LogP contribution in [0.2, 0.25) is 0 Å². The van der Waals surface area contributed by atoms with Gasteiger partial charge in [0.2, 0.25) is 53.2 Å². The summed E-state index contributed by atoms with van der Waals surface area (Å²) in [6, 6.07) is -2.04. The highest BCUT2D eigenvalue weighted by molar-refractivity contribution is 7.80. The molecule has 492 valence electrons. The summed E-state index contributed by atoms with van der Waals surface area (Å²) < 4.78 is 0. The van der Waals surface area contributed by atoms with E-state index in [0.29, 0.717) is 22.0 Å². The Morgan fingerprint density at radius 3 is 1.52 bits per heavy atom. The number of aliphatic hydroxyl groups excluding tert-OH is 1. The molecule has 2 aromatic carbocycles. The fraction of sp³-hybridized carbons (Fsp3) is 0.552. The Morgan fingerprint density at radius 2 is 1.01 bits per heavy atom. The first kappa shape index (κ1) is 75.1. The number of carbonyl (C=O) groups is 11. The Morgan fingerprint density at radius 1 is 0.551 bits per heavy atom. The number of carbonyl (C=O) groups excluding carboxylic acids is 9. The second-order valence-corrected chi connectivity index (χ2v) is 23.5. The van der Waals surface area contributed by atoms with Crippen LogP contribution in [0.15, 0.2) is 59.7 Å². The first-order valence-corrected chi connectivity index (χ1v) is 30.3. The van der Waals surface area contributed by atoms with Crippen LogP contribution >= 0.6 is 25.3 Å². The Kier molecular flexibility index (Phi) is 31.2. The fourth-order valence-corrected chi connectivity index (χ4v) is 9.54. The predicted octanol–water partition coefficient (Wildman–Crippen LogP) is -1.66.